The molecule has 2 aromatic carbocycles. The van der Waals surface area contributed by atoms with E-state index in [0.717, 1.165) is 27.0 Å². The maximum absolute atomic E-state index is 13.8. The van der Waals surface area contributed by atoms with Crippen LogP contribution < -0.4 is 9.47 Å². The van der Waals surface area contributed by atoms with Crippen molar-refractivity contribution in [1.82, 2.24) is 15.0 Å². The molecule has 0 atom stereocenters. The number of methoxy groups -OCH3 is 1. The van der Waals surface area contributed by atoms with E-state index in [-0.39, 0.29) is 11.2 Å². The molecule has 0 bridgehead atoms. The van der Waals surface area contributed by atoms with Crippen LogP contribution in [0.2, 0.25) is 5.28 Å². The highest BCUT2D eigenvalue weighted by Crippen LogP contribution is 2.37. The molecule has 0 fully saturated rings. The minimum absolute atomic E-state index is 0.105. The third kappa shape index (κ3) is 3.18. The Labute approximate surface area is 157 Å². The summed E-state index contributed by atoms with van der Waals surface area (Å²) in [5.41, 5.74) is 1.81. The Morgan fingerprint density at radius 3 is 2.73 bits per heavy atom. The number of hydrogen-bond acceptors (Lipinski definition) is 6. The monoisotopic (exact) mass is 387 g/mol. The van der Waals surface area contributed by atoms with Gasteiger partial charge in [-0.15, -0.1) is 11.3 Å². The van der Waals surface area contributed by atoms with Gasteiger partial charge in [0.05, 0.1) is 23.5 Å². The van der Waals surface area contributed by atoms with E-state index in [4.69, 9.17) is 21.1 Å². The van der Waals surface area contributed by atoms with Gasteiger partial charge in [0.1, 0.15) is 5.01 Å². The molecule has 0 saturated carbocycles. The van der Waals surface area contributed by atoms with Crippen molar-refractivity contribution in [1.29, 1.82) is 0 Å². The van der Waals surface area contributed by atoms with E-state index >= 15 is 0 Å². The predicted molar refractivity (Wildman–Crippen MR) is 98.7 cm³/mol. The standard InChI is InChI=1S/C18H11ClFN3O2S/c1-24-14-8-10(17-22-12-4-2-3-5-15(12)26-17)6-7-13(14)25-16-11(20)9-21-18(19)23-16/h2-9H,1H3. The number of rotatable bonds is 4. The molecule has 2 aromatic heterocycles. The van der Waals surface area contributed by atoms with Crippen LogP contribution in [0.25, 0.3) is 20.8 Å². The molecule has 0 aliphatic heterocycles. The van der Waals surface area contributed by atoms with Crippen LogP contribution in [0.1, 0.15) is 0 Å². The van der Waals surface area contributed by atoms with Gasteiger partial charge >= 0.3 is 0 Å². The second kappa shape index (κ2) is 6.86. The Bertz CT molecular complexity index is 1070. The van der Waals surface area contributed by atoms with Crippen LogP contribution >= 0.6 is 22.9 Å². The zero-order valence-corrected chi connectivity index (χ0v) is 15.0. The highest BCUT2D eigenvalue weighted by Gasteiger charge is 2.14. The van der Waals surface area contributed by atoms with Gasteiger partial charge in [-0.25, -0.2) is 9.97 Å². The summed E-state index contributed by atoms with van der Waals surface area (Å²) in [5, 5.41) is 0.749. The molecule has 2 heterocycles. The molecule has 0 amide bonds. The second-order valence-corrected chi connectivity index (χ2v) is 6.62. The van der Waals surface area contributed by atoms with Crippen LogP contribution in [-0.2, 0) is 0 Å². The van der Waals surface area contributed by atoms with Gasteiger partial charge in [-0.3, -0.25) is 0 Å². The van der Waals surface area contributed by atoms with Gasteiger partial charge in [0.25, 0.3) is 5.88 Å². The lowest BCUT2D eigenvalue weighted by Crippen LogP contribution is -1.96. The third-order valence-corrected chi connectivity index (χ3v) is 4.86. The van der Waals surface area contributed by atoms with E-state index in [1.165, 1.54) is 7.11 Å². The molecule has 0 radical (unpaired) electrons. The summed E-state index contributed by atoms with van der Waals surface area (Å²) in [7, 11) is 1.51. The molecule has 0 N–H and O–H groups in total. The summed E-state index contributed by atoms with van der Waals surface area (Å²) in [6.45, 7) is 0. The van der Waals surface area contributed by atoms with Crippen molar-refractivity contribution in [2.24, 2.45) is 0 Å². The van der Waals surface area contributed by atoms with Crippen LogP contribution in [0.4, 0.5) is 4.39 Å². The van der Waals surface area contributed by atoms with Gasteiger partial charge in [-0.1, -0.05) is 12.1 Å². The van der Waals surface area contributed by atoms with Crippen molar-refractivity contribution in [3.8, 4) is 28.0 Å². The molecule has 4 aromatic rings. The first-order valence-electron chi connectivity index (χ1n) is 7.54. The fourth-order valence-corrected chi connectivity index (χ4v) is 3.48. The summed E-state index contributed by atoms with van der Waals surface area (Å²) >= 11 is 7.27. The first-order valence-corrected chi connectivity index (χ1v) is 8.73. The molecule has 0 aliphatic carbocycles. The molecule has 4 rings (SSSR count). The largest absolute Gasteiger partial charge is 0.493 e. The van der Waals surface area contributed by atoms with Crippen molar-refractivity contribution in [2.75, 3.05) is 7.11 Å². The number of halogens is 2. The zero-order valence-electron chi connectivity index (χ0n) is 13.4. The molecular formula is C18H11ClFN3O2S. The molecule has 0 unspecified atom stereocenters. The molecular weight excluding hydrogens is 377 g/mol. The fraction of sp³-hybridized carbons (Fsp3) is 0.0556. The highest BCUT2D eigenvalue weighted by atomic mass is 35.5. The maximum Gasteiger partial charge on any atom is 0.260 e. The predicted octanol–water partition coefficient (Wildman–Crippen LogP) is 5.35. The summed E-state index contributed by atoms with van der Waals surface area (Å²) in [5.74, 6) is -0.246. The number of benzene rings is 2. The lowest BCUT2D eigenvalue weighted by atomic mass is 10.2. The summed E-state index contributed by atoms with van der Waals surface area (Å²) in [6.07, 6.45) is 0.951. The minimum Gasteiger partial charge on any atom is -0.493 e. The zero-order chi connectivity index (χ0) is 18.1. The van der Waals surface area contributed by atoms with E-state index < -0.39 is 5.82 Å². The topological polar surface area (TPSA) is 57.1 Å². The first-order chi connectivity index (χ1) is 12.6. The van der Waals surface area contributed by atoms with Crippen molar-refractivity contribution in [3.63, 3.8) is 0 Å². The number of fused-ring (bicyclic) bond motifs is 1. The average molecular weight is 388 g/mol. The highest BCUT2D eigenvalue weighted by molar-refractivity contribution is 7.21. The minimum atomic E-state index is -0.716. The van der Waals surface area contributed by atoms with Crippen LogP contribution in [0.15, 0.2) is 48.7 Å². The van der Waals surface area contributed by atoms with Crippen LogP contribution in [0, 0.1) is 5.82 Å². The SMILES string of the molecule is COc1cc(-c2nc3ccccc3s2)ccc1Oc1nc(Cl)ncc1F. The second-order valence-electron chi connectivity index (χ2n) is 5.25. The lowest BCUT2D eigenvalue weighted by molar-refractivity contribution is 0.363. The summed E-state index contributed by atoms with van der Waals surface area (Å²) in [4.78, 5) is 11.9. The van der Waals surface area contributed by atoms with Crippen LogP contribution in [0.3, 0.4) is 0 Å². The van der Waals surface area contributed by atoms with Gasteiger partial charge in [-0.2, -0.15) is 9.37 Å². The first kappa shape index (κ1) is 16.7. The van der Waals surface area contributed by atoms with E-state index in [0.29, 0.717) is 11.5 Å². The number of hydrogen-bond donors (Lipinski definition) is 0. The van der Waals surface area contributed by atoms with Crippen molar-refractivity contribution >= 4 is 33.2 Å². The van der Waals surface area contributed by atoms with E-state index in [9.17, 15) is 4.39 Å². The van der Waals surface area contributed by atoms with Crippen molar-refractivity contribution < 1.29 is 13.9 Å². The third-order valence-electron chi connectivity index (χ3n) is 3.59. The Hall–Kier alpha value is -2.77. The Kier molecular flexibility index (Phi) is 4.40. The average Bonchev–Trinajstić information content (AvgIpc) is 3.09. The molecule has 0 aliphatic rings. The normalized spacial score (nSPS) is 10.9. The molecule has 0 saturated heterocycles. The van der Waals surface area contributed by atoms with Crippen LogP contribution in [0.5, 0.6) is 17.4 Å². The van der Waals surface area contributed by atoms with Gasteiger partial charge in [-0.05, 0) is 41.9 Å². The fourth-order valence-electron chi connectivity index (χ4n) is 2.39. The van der Waals surface area contributed by atoms with Gasteiger partial charge in [0.2, 0.25) is 11.1 Å². The molecule has 130 valence electrons. The van der Waals surface area contributed by atoms with E-state index in [1.807, 2.05) is 30.3 Å². The van der Waals surface area contributed by atoms with E-state index in [2.05, 4.69) is 15.0 Å². The number of nitrogens with zero attached hydrogens (tertiary/aromatic N) is 3. The molecule has 26 heavy (non-hydrogen) atoms. The summed E-state index contributed by atoms with van der Waals surface area (Å²) < 4.78 is 25.8. The Balaban J connectivity index is 1.71. The van der Waals surface area contributed by atoms with Gasteiger partial charge < -0.3 is 9.47 Å². The van der Waals surface area contributed by atoms with Crippen molar-refractivity contribution in [3.05, 3.63) is 59.8 Å². The van der Waals surface area contributed by atoms with Gasteiger partial charge in [0.15, 0.2) is 11.5 Å². The quantitative estimate of drug-likeness (QED) is 0.442. The van der Waals surface area contributed by atoms with Crippen molar-refractivity contribution in [2.45, 2.75) is 0 Å². The Morgan fingerprint density at radius 2 is 1.92 bits per heavy atom. The molecule has 5 nitrogen and oxygen atoms in total. The van der Waals surface area contributed by atoms with Crippen LogP contribution in [-0.4, -0.2) is 22.1 Å². The maximum atomic E-state index is 13.8. The lowest BCUT2D eigenvalue weighted by Gasteiger charge is -2.11. The summed E-state index contributed by atoms with van der Waals surface area (Å²) in [6, 6.07) is 13.2. The smallest absolute Gasteiger partial charge is 0.260 e. The van der Waals surface area contributed by atoms with Gasteiger partial charge in [0, 0.05) is 5.56 Å². The molecule has 8 heteroatoms. The number of ether oxygens (including phenoxy) is 2. The van der Waals surface area contributed by atoms with E-state index in [1.54, 1.807) is 23.5 Å². The molecule has 0 spiro atoms. The number of para-hydroxylation sites is 1. The number of aromatic nitrogens is 3. The Morgan fingerprint density at radius 1 is 1.08 bits per heavy atom. The number of thiazole rings is 1.